The monoisotopic (exact) mass is 554 g/mol. The molecule has 0 amide bonds. The molecule has 0 aliphatic rings. The van der Waals surface area contributed by atoms with Crippen molar-refractivity contribution in [1.29, 1.82) is 0 Å². The van der Waals surface area contributed by atoms with Crippen molar-refractivity contribution in [2.75, 3.05) is 26.4 Å². The number of benzene rings is 2. The van der Waals surface area contributed by atoms with E-state index in [1.165, 1.54) is 0 Å². The molecule has 0 aliphatic carbocycles. The number of rotatable bonds is 23. The van der Waals surface area contributed by atoms with Gasteiger partial charge in [-0.05, 0) is 73.9 Å². The number of hydrogen-bond donors (Lipinski definition) is 0. The van der Waals surface area contributed by atoms with Gasteiger partial charge < -0.3 is 18.9 Å². The molecule has 0 aromatic heterocycles. The number of carbonyl (C=O) groups excluding carboxylic acids is 2. The lowest BCUT2D eigenvalue weighted by atomic mass is 10.1. The minimum atomic E-state index is -0.0728. The minimum absolute atomic E-state index is 0.0728. The van der Waals surface area contributed by atoms with Gasteiger partial charge in [-0.15, -0.1) is 0 Å². The molecular formula is C34H50O6. The molecule has 0 N–H and O–H groups in total. The zero-order valence-corrected chi connectivity index (χ0v) is 24.8. The zero-order chi connectivity index (χ0) is 28.7. The van der Waals surface area contributed by atoms with Crippen LogP contribution in [0.1, 0.15) is 104 Å². The Bertz CT molecular complexity index is 845. The molecule has 0 heterocycles. The lowest BCUT2D eigenvalue weighted by Gasteiger charge is -2.09. The molecule has 2 aromatic rings. The summed E-state index contributed by atoms with van der Waals surface area (Å²) in [5, 5.41) is 0. The van der Waals surface area contributed by atoms with E-state index in [1.807, 2.05) is 38.1 Å². The molecule has 0 bridgehead atoms. The second-order valence-electron chi connectivity index (χ2n) is 10.2. The summed E-state index contributed by atoms with van der Waals surface area (Å²) in [5.41, 5.74) is 2.30. The largest absolute Gasteiger partial charge is 0.494 e. The predicted molar refractivity (Wildman–Crippen MR) is 161 cm³/mol. The van der Waals surface area contributed by atoms with Crippen molar-refractivity contribution in [3.63, 3.8) is 0 Å². The molecule has 0 atom stereocenters. The van der Waals surface area contributed by atoms with Crippen LogP contribution in [0.5, 0.6) is 11.5 Å². The van der Waals surface area contributed by atoms with Gasteiger partial charge in [0.05, 0.1) is 26.4 Å². The summed E-state index contributed by atoms with van der Waals surface area (Å²) >= 11 is 0. The van der Waals surface area contributed by atoms with Crippen LogP contribution in [0.4, 0.5) is 0 Å². The van der Waals surface area contributed by atoms with Crippen LogP contribution in [0.25, 0.3) is 11.1 Å². The summed E-state index contributed by atoms with van der Waals surface area (Å²) in [6, 6.07) is 16.5. The van der Waals surface area contributed by atoms with E-state index < -0.39 is 0 Å². The van der Waals surface area contributed by atoms with Gasteiger partial charge in [-0.1, -0.05) is 76.6 Å². The number of unbranched alkanes of at least 4 members (excludes halogenated alkanes) is 8. The number of carbonyl (C=O) groups is 2. The fourth-order valence-electron chi connectivity index (χ4n) is 4.25. The van der Waals surface area contributed by atoms with Gasteiger partial charge in [-0.2, -0.15) is 0 Å². The van der Waals surface area contributed by atoms with Gasteiger partial charge in [0.2, 0.25) is 0 Å². The van der Waals surface area contributed by atoms with E-state index in [2.05, 4.69) is 24.3 Å². The fourth-order valence-corrected chi connectivity index (χ4v) is 4.25. The van der Waals surface area contributed by atoms with Crippen LogP contribution in [0, 0.1) is 0 Å². The van der Waals surface area contributed by atoms with Crippen molar-refractivity contribution in [1.82, 2.24) is 0 Å². The first kappa shape index (κ1) is 33.2. The van der Waals surface area contributed by atoms with E-state index in [9.17, 15) is 9.59 Å². The Balaban J connectivity index is 1.52. The molecule has 2 aromatic carbocycles. The van der Waals surface area contributed by atoms with Gasteiger partial charge in [0.25, 0.3) is 0 Å². The van der Waals surface area contributed by atoms with Gasteiger partial charge in [-0.3, -0.25) is 9.59 Å². The Kier molecular flexibility index (Phi) is 18.1. The Labute approximate surface area is 241 Å². The highest BCUT2D eigenvalue weighted by molar-refractivity contribution is 5.69. The lowest BCUT2D eigenvalue weighted by Crippen LogP contribution is -2.04. The fraction of sp³-hybridized carbons (Fsp3) is 0.588. The molecule has 2 rings (SSSR count). The van der Waals surface area contributed by atoms with Crippen LogP contribution in [-0.4, -0.2) is 38.4 Å². The molecule has 40 heavy (non-hydrogen) atoms. The third-order valence-corrected chi connectivity index (χ3v) is 6.56. The molecule has 6 heteroatoms. The van der Waals surface area contributed by atoms with Gasteiger partial charge in [0.15, 0.2) is 0 Å². The second kappa shape index (κ2) is 21.8. The summed E-state index contributed by atoms with van der Waals surface area (Å²) in [7, 11) is 0. The molecular weight excluding hydrogens is 504 g/mol. The molecule has 222 valence electrons. The summed E-state index contributed by atoms with van der Waals surface area (Å²) in [5.74, 6) is 1.63. The Morgan fingerprint density at radius 3 is 1.20 bits per heavy atom. The summed E-state index contributed by atoms with van der Waals surface area (Å²) in [4.78, 5) is 23.0. The van der Waals surface area contributed by atoms with Crippen LogP contribution in [-0.2, 0) is 19.1 Å². The highest BCUT2D eigenvalue weighted by Crippen LogP contribution is 2.25. The minimum Gasteiger partial charge on any atom is -0.494 e. The molecule has 0 unspecified atom stereocenters. The van der Waals surface area contributed by atoms with E-state index in [0.29, 0.717) is 39.3 Å². The number of hydrogen-bond acceptors (Lipinski definition) is 6. The van der Waals surface area contributed by atoms with Gasteiger partial charge >= 0.3 is 11.9 Å². The molecule has 0 spiro atoms. The molecule has 0 saturated heterocycles. The first-order valence-corrected chi connectivity index (χ1v) is 15.4. The standard InChI is InChI=1S/C34H50O6/c1-3-25-39-33(35)15-11-7-5-9-13-27-37-31-21-17-29(18-22-31)30-19-23-32(24-20-30)38-28-14-10-6-8-12-16-34(36)40-26-4-2/h17-24H,3-16,25-28H2,1-2H3. The number of esters is 2. The highest BCUT2D eigenvalue weighted by Gasteiger charge is 2.04. The summed E-state index contributed by atoms with van der Waals surface area (Å²) in [6.45, 7) is 6.48. The van der Waals surface area contributed by atoms with E-state index in [4.69, 9.17) is 18.9 Å². The maximum absolute atomic E-state index is 11.5. The van der Waals surface area contributed by atoms with Crippen molar-refractivity contribution >= 4 is 11.9 Å². The third kappa shape index (κ3) is 15.5. The second-order valence-corrected chi connectivity index (χ2v) is 10.2. The van der Waals surface area contributed by atoms with Crippen LogP contribution in [0.2, 0.25) is 0 Å². The van der Waals surface area contributed by atoms with Crippen molar-refractivity contribution in [3.05, 3.63) is 48.5 Å². The molecule has 0 fully saturated rings. The lowest BCUT2D eigenvalue weighted by molar-refractivity contribution is -0.144. The average Bonchev–Trinajstić information content (AvgIpc) is 2.98. The van der Waals surface area contributed by atoms with Crippen molar-refractivity contribution in [2.24, 2.45) is 0 Å². The van der Waals surface area contributed by atoms with Crippen molar-refractivity contribution in [2.45, 2.75) is 104 Å². The van der Waals surface area contributed by atoms with E-state index >= 15 is 0 Å². The zero-order valence-electron chi connectivity index (χ0n) is 24.8. The van der Waals surface area contributed by atoms with E-state index in [0.717, 1.165) is 99.7 Å². The Hall–Kier alpha value is -3.02. The summed E-state index contributed by atoms with van der Waals surface area (Å²) in [6.07, 6.45) is 13.2. The SMILES string of the molecule is CCCOC(=O)CCCCCCCOc1ccc(-c2ccc(OCCCCCCCC(=O)OCCC)cc2)cc1. The molecule has 0 aliphatic heterocycles. The van der Waals surface area contributed by atoms with Crippen molar-refractivity contribution in [3.8, 4) is 22.6 Å². The Morgan fingerprint density at radius 2 is 0.825 bits per heavy atom. The predicted octanol–water partition coefficient (Wildman–Crippen LogP) is 8.70. The topological polar surface area (TPSA) is 71.1 Å². The number of ether oxygens (including phenoxy) is 4. The van der Waals surface area contributed by atoms with Crippen LogP contribution in [0.15, 0.2) is 48.5 Å². The van der Waals surface area contributed by atoms with E-state index in [1.54, 1.807) is 0 Å². The van der Waals surface area contributed by atoms with E-state index in [-0.39, 0.29) is 11.9 Å². The van der Waals surface area contributed by atoms with Gasteiger partial charge in [0.1, 0.15) is 11.5 Å². The maximum Gasteiger partial charge on any atom is 0.305 e. The van der Waals surface area contributed by atoms with Gasteiger partial charge in [0, 0.05) is 12.8 Å². The third-order valence-electron chi connectivity index (χ3n) is 6.56. The molecule has 6 nitrogen and oxygen atoms in total. The van der Waals surface area contributed by atoms with Crippen LogP contribution < -0.4 is 9.47 Å². The first-order chi connectivity index (χ1) is 19.6. The van der Waals surface area contributed by atoms with Gasteiger partial charge in [-0.25, -0.2) is 0 Å². The van der Waals surface area contributed by atoms with Crippen LogP contribution >= 0.6 is 0 Å². The molecule has 0 saturated carbocycles. The highest BCUT2D eigenvalue weighted by atomic mass is 16.5. The van der Waals surface area contributed by atoms with Crippen molar-refractivity contribution < 1.29 is 28.5 Å². The molecule has 0 radical (unpaired) electrons. The smallest absolute Gasteiger partial charge is 0.305 e. The summed E-state index contributed by atoms with van der Waals surface area (Å²) < 4.78 is 22.0. The first-order valence-electron chi connectivity index (χ1n) is 15.4. The maximum atomic E-state index is 11.5. The normalized spacial score (nSPS) is 10.8. The Morgan fingerprint density at radius 1 is 0.475 bits per heavy atom. The van der Waals surface area contributed by atoms with Crippen LogP contribution in [0.3, 0.4) is 0 Å². The quantitative estimate of drug-likeness (QED) is 0.101. The average molecular weight is 555 g/mol.